The molecule has 1 aromatic carbocycles. The predicted molar refractivity (Wildman–Crippen MR) is 132 cm³/mol. The Labute approximate surface area is 182 Å². The molecule has 0 nitrogen and oxygen atoms in total. The quantitative estimate of drug-likeness (QED) is 0.304. The molecule has 4 atom stereocenters. The molecule has 0 spiro atoms. The van der Waals surface area contributed by atoms with Gasteiger partial charge in [0, 0.05) is 0 Å². The second-order valence-corrected chi connectivity index (χ2v) is 8.66. The van der Waals surface area contributed by atoms with Crippen molar-refractivity contribution in [3.05, 3.63) is 71.8 Å². The molecule has 1 fully saturated rings. The summed E-state index contributed by atoms with van der Waals surface area (Å²) in [5.41, 5.74) is 4.54. The number of benzene rings is 1. The minimum atomic E-state index is 0.598. The first-order valence-electron chi connectivity index (χ1n) is 12.0. The van der Waals surface area contributed by atoms with Crippen LogP contribution < -0.4 is 0 Å². The van der Waals surface area contributed by atoms with Crippen molar-refractivity contribution in [3.63, 3.8) is 0 Å². The first-order valence-corrected chi connectivity index (χ1v) is 12.0. The molecule has 0 amide bonds. The lowest BCUT2D eigenvalue weighted by Crippen LogP contribution is -2.14. The minimum Gasteiger partial charge on any atom is -0.0995 e. The Hall–Kier alpha value is -1.56. The van der Waals surface area contributed by atoms with Gasteiger partial charge in [-0.15, -0.1) is 0 Å². The molecule has 2 unspecified atom stereocenters. The van der Waals surface area contributed by atoms with Gasteiger partial charge >= 0.3 is 0 Å². The standard InChI is InChI=1S/C27H40.C2H6/c1-6-12-21(3)19-22(4)20-24(7-2)23(5)25-15-11-16-27(18-17-25)26-13-9-8-10-14-26;1-2/h6-10,12-14,21,23,25,27H,4,11,15-20H2,1-3,5H3;1-2H3/b12-6+,24-7+;/t21-,23?,25-,27?;/m1./s1. The van der Waals surface area contributed by atoms with Crippen LogP contribution in [-0.4, -0.2) is 0 Å². The van der Waals surface area contributed by atoms with Gasteiger partial charge in [0.1, 0.15) is 0 Å². The van der Waals surface area contributed by atoms with Crippen molar-refractivity contribution in [1.29, 1.82) is 0 Å². The molecule has 1 aliphatic rings. The second kappa shape index (κ2) is 14.4. The predicted octanol–water partition coefficient (Wildman–Crippen LogP) is 9.51. The average Bonchev–Trinajstić information content (AvgIpc) is 3.00. The Morgan fingerprint density at radius 1 is 1.03 bits per heavy atom. The van der Waals surface area contributed by atoms with Crippen molar-refractivity contribution < 1.29 is 0 Å². The Bertz CT molecular complexity index is 619. The first kappa shape index (κ1) is 25.5. The topological polar surface area (TPSA) is 0 Å². The zero-order chi connectivity index (χ0) is 21.6. The lowest BCUT2D eigenvalue weighted by Gasteiger charge is -2.26. The SMILES string of the molecule is C=C(C/C(=C\C)C(C)[C@@H]1CCCC(c2ccccc2)CC1)C[C@H](C)/C=C/C.CC. The first-order chi connectivity index (χ1) is 14.0. The van der Waals surface area contributed by atoms with E-state index in [9.17, 15) is 0 Å². The second-order valence-electron chi connectivity index (χ2n) is 8.66. The van der Waals surface area contributed by atoms with Crippen LogP contribution in [0.4, 0.5) is 0 Å². The fraction of sp³-hybridized carbons (Fsp3) is 0.586. The van der Waals surface area contributed by atoms with Gasteiger partial charge in [-0.25, -0.2) is 0 Å². The summed E-state index contributed by atoms with van der Waals surface area (Å²) in [5, 5.41) is 0. The van der Waals surface area contributed by atoms with Crippen molar-refractivity contribution >= 4 is 0 Å². The summed E-state index contributed by atoms with van der Waals surface area (Å²) < 4.78 is 0. The molecule has 0 radical (unpaired) electrons. The zero-order valence-electron chi connectivity index (χ0n) is 20.1. The zero-order valence-corrected chi connectivity index (χ0v) is 20.1. The molecule has 1 aliphatic carbocycles. The minimum absolute atomic E-state index is 0.598. The number of rotatable bonds is 8. The van der Waals surface area contributed by atoms with E-state index in [1.807, 2.05) is 13.8 Å². The molecule has 0 aliphatic heterocycles. The number of allylic oxidation sites excluding steroid dienone is 5. The third-order valence-electron chi connectivity index (χ3n) is 6.53. The van der Waals surface area contributed by atoms with Gasteiger partial charge in [0.25, 0.3) is 0 Å². The lowest BCUT2D eigenvalue weighted by atomic mass is 9.79. The van der Waals surface area contributed by atoms with Crippen LogP contribution >= 0.6 is 0 Å². The van der Waals surface area contributed by atoms with Gasteiger partial charge in [-0.3, -0.25) is 0 Å². The van der Waals surface area contributed by atoms with Crippen LogP contribution in [0.2, 0.25) is 0 Å². The highest BCUT2D eigenvalue weighted by atomic mass is 14.3. The van der Waals surface area contributed by atoms with Gasteiger partial charge in [0.2, 0.25) is 0 Å². The summed E-state index contributed by atoms with van der Waals surface area (Å²) in [4.78, 5) is 0. The fourth-order valence-electron chi connectivity index (χ4n) is 4.93. The van der Waals surface area contributed by atoms with Crippen LogP contribution in [0.1, 0.15) is 98.0 Å². The Morgan fingerprint density at radius 3 is 2.34 bits per heavy atom. The molecule has 29 heavy (non-hydrogen) atoms. The molecular weight excluding hydrogens is 348 g/mol. The summed E-state index contributed by atoms with van der Waals surface area (Å²) in [6.45, 7) is 17.5. The van der Waals surface area contributed by atoms with Crippen molar-refractivity contribution in [2.75, 3.05) is 0 Å². The average molecular weight is 395 g/mol. The molecule has 2 rings (SSSR count). The summed E-state index contributed by atoms with van der Waals surface area (Å²) in [5.74, 6) is 2.86. The summed E-state index contributed by atoms with van der Waals surface area (Å²) >= 11 is 0. The highest BCUT2D eigenvalue weighted by molar-refractivity contribution is 5.20. The van der Waals surface area contributed by atoms with Gasteiger partial charge < -0.3 is 0 Å². The lowest BCUT2D eigenvalue weighted by molar-refractivity contribution is 0.352. The van der Waals surface area contributed by atoms with Crippen LogP contribution in [0.5, 0.6) is 0 Å². The maximum Gasteiger partial charge on any atom is -0.0108 e. The van der Waals surface area contributed by atoms with Crippen molar-refractivity contribution in [2.45, 2.75) is 92.4 Å². The van der Waals surface area contributed by atoms with Gasteiger partial charge in [-0.05, 0) is 81.6 Å². The molecule has 1 saturated carbocycles. The third kappa shape index (κ3) is 8.77. The molecule has 162 valence electrons. The van der Waals surface area contributed by atoms with E-state index in [0.717, 1.165) is 24.7 Å². The van der Waals surface area contributed by atoms with E-state index in [1.165, 1.54) is 37.7 Å². The number of hydrogen-bond donors (Lipinski definition) is 0. The summed E-state index contributed by atoms with van der Waals surface area (Å²) in [6, 6.07) is 11.2. The number of hydrogen-bond acceptors (Lipinski definition) is 0. The highest BCUT2D eigenvalue weighted by Gasteiger charge is 2.25. The highest BCUT2D eigenvalue weighted by Crippen LogP contribution is 2.40. The van der Waals surface area contributed by atoms with E-state index in [4.69, 9.17) is 0 Å². The molecular formula is C29H46. The van der Waals surface area contributed by atoms with Crippen LogP contribution in [0.15, 0.2) is 66.3 Å². The monoisotopic (exact) mass is 394 g/mol. The van der Waals surface area contributed by atoms with Gasteiger partial charge in [-0.2, -0.15) is 0 Å². The van der Waals surface area contributed by atoms with E-state index in [0.29, 0.717) is 11.8 Å². The largest absolute Gasteiger partial charge is 0.0995 e. The molecule has 1 aromatic rings. The smallest absolute Gasteiger partial charge is 0.0108 e. The summed E-state index contributed by atoms with van der Waals surface area (Å²) in [6.07, 6.45) is 15.8. The maximum atomic E-state index is 4.39. The summed E-state index contributed by atoms with van der Waals surface area (Å²) in [7, 11) is 0. The van der Waals surface area contributed by atoms with Gasteiger partial charge in [0.05, 0.1) is 0 Å². The van der Waals surface area contributed by atoms with E-state index in [-0.39, 0.29) is 0 Å². The molecule has 0 heterocycles. The van der Waals surface area contributed by atoms with Crippen molar-refractivity contribution in [1.82, 2.24) is 0 Å². The third-order valence-corrected chi connectivity index (χ3v) is 6.53. The van der Waals surface area contributed by atoms with Crippen molar-refractivity contribution in [3.8, 4) is 0 Å². The van der Waals surface area contributed by atoms with Gasteiger partial charge in [0.15, 0.2) is 0 Å². The molecule has 0 aromatic heterocycles. The van der Waals surface area contributed by atoms with Crippen molar-refractivity contribution in [2.24, 2.45) is 17.8 Å². The van der Waals surface area contributed by atoms with Crippen LogP contribution in [0, 0.1) is 17.8 Å². The Morgan fingerprint density at radius 2 is 1.72 bits per heavy atom. The fourth-order valence-corrected chi connectivity index (χ4v) is 4.93. The van der Waals surface area contributed by atoms with Gasteiger partial charge in [-0.1, -0.05) is 100 Å². The van der Waals surface area contributed by atoms with E-state index in [2.05, 4.69) is 82.8 Å². The van der Waals surface area contributed by atoms with E-state index in [1.54, 1.807) is 11.1 Å². The van der Waals surface area contributed by atoms with Crippen LogP contribution in [0.25, 0.3) is 0 Å². The maximum absolute atomic E-state index is 4.39. The Kier molecular flexibility index (Phi) is 12.7. The molecule has 0 bridgehead atoms. The van der Waals surface area contributed by atoms with E-state index >= 15 is 0 Å². The molecule has 0 N–H and O–H groups in total. The molecule has 0 heteroatoms. The van der Waals surface area contributed by atoms with Crippen LogP contribution in [0.3, 0.4) is 0 Å². The molecule has 0 saturated heterocycles. The normalized spacial score (nSPS) is 22.3. The van der Waals surface area contributed by atoms with E-state index < -0.39 is 0 Å². The van der Waals surface area contributed by atoms with Crippen LogP contribution in [-0.2, 0) is 0 Å². The Balaban J connectivity index is 0.00000204.